The van der Waals surface area contributed by atoms with Crippen LogP contribution in [-0.2, 0) is 13.0 Å². The van der Waals surface area contributed by atoms with Crippen molar-refractivity contribution in [1.82, 2.24) is 10.6 Å². The number of carbonyl (C=O) groups is 1. The molecule has 3 aromatic carbocycles. The normalized spacial score (nSPS) is 11.7. The summed E-state index contributed by atoms with van der Waals surface area (Å²) in [7, 11) is 1.64. The molecule has 156 valence electrons. The molecular formula is C25H28N2O3. The summed E-state index contributed by atoms with van der Waals surface area (Å²) in [5.41, 5.74) is 4.08. The third-order valence-corrected chi connectivity index (χ3v) is 4.83. The predicted octanol–water partition coefficient (Wildman–Crippen LogP) is 3.17. The lowest BCUT2D eigenvalue weighted by atomic mass is 10.0. The van der Waals surface area contributed by atoms with Gasteiger partial charge in [0.1, 0.15) is 5.75 Å². The van der Waals surface area contributed by atoms with Crippen LogP contribution in [0, 0.1) is 0 Å². The fourth-order valence-electron chi connectivity index (χ4n) is 3.12. The summed E-state index contributed by atoms with van der Waals surface area (Å²) in [5, 5.41) is 16.1. The van der Waals surface area contributed by atoms with E-state index in [1.807, 2.05) is 66.7 Å². The lowest BCUT2D eigenvalue weighted by molar-refractivity contribution is 0.0915. The molecule has 5 heteroatoms. The first-order valence-electron chi connectivity index (χ1n) is 10.1. The molecule has 0 heterocycles. The topological polar surface area (TPSA) is 70.6 Å². The molecule has 1 atom stereocenters. The van der Waals surface area contributed by atoms with Crippen LogP contribution in [0.25, 0.3) is 0 Å². The van der Waals surface area contributed by atoms with Gasteiger partial charge >= 0.3 is 0 Å². The number of methoxy groups -OCH3 is 1. The van der Waals surface area contributed by atoms with Gasteiger partial charge in [0.2, 0.25) is 0 Å². The molecule has 0 bridgehead atoms. The van der Waals surface area contributed by atoms with E-state index in [1.165, 1.54) is 5.56 Å². The summed E-state index contributed by atoms with van der Waals surface area (Å²) in [4.78, 5) is 12.3. The number of benzene rings is 3. The zero-order valence-electron chi connectivity index (χ0n) is 17.2. The Morgan fingerprint density at radius 1 is 0.867 bits per heavy atom. The maximum Gasteiger partial charge on any atom is 0.251 e. The molecule has 3 rings (SSSR count). The highest BCUT2D eigenvalue weighted by Gasteiger charge is 2.09. The molecule has 0 aliphatic heterocycles. The first-order chi connectivity index (χ1) is 14.6. The maximum atomic E-state index is 12.3. The van der Waals surface area contributed by atoms with Crippen molar-refractivity contribution in [2.45, 2.75) is 19.1 Å². The van der Waals surface area contributed by atoms with Crippen molar-refractivity contribution in [3.63, 3.8) is 0 Å². The smallest absolute Gasteiger partial charge is 0.251 e. The van der Waals surface area contributed by atoms with Crippen LogP contribution < -0.4 is 15.4 Å². The average Bonchev–Trinajstić information content (AvgIpc) is 2.79. The van der Waals surface area contributed by atoms with E-state index in [9.17, 15) is 9.90 Å². The van der Waals surface area contributed by atoms with E-state index in [4.69, 9.17) is 4.74 Å². The van der Waals surface area contributed by atoms with Crippen LogP contribution in [0.1, 0.15) is 27.0 Å². The summed E-state index contributed by atoms with van der Waals surface area (Å²) in [6.45, 7) is 1.22. The Labute approximate surface area is 177 Å². The number of ether oxygens (including phenoxy) is 1. The molecule has 0 saturated heterocycles. The van der Waals surface area contributed by atoms with Crippen molar-refractivity contribution in [2.75, 3.05) is 20.2 Å². The Morgan fingerprint density at radius 2 is 1.50 bits per heavy atom. The largest absolute Gasteiger partial charge is 0.497 e. The highest BCUT2D eigenvalue weighted by Crippen LogP contribution is 2.12. The van der Waals surface area contributed by atoms with Gasteiger partial charge in [-0.3, -0.25) is 4.79 Å². The molecule has 0 spiro atoms. The molecule has 0 saturated carbocycles. The van der Waals surface area contributed by atoms with Gasteiger partial charge in [0.25, 0.3) is 5.91 Å². The summed E-state index contributed by atoms with van der Waals surface area (Å²) in [5.74, 6) is 0.630. The van der Waals surface area contributed by atoms with Crippen molar-refractivity contribution < 1.29 is 14.6 Å². The van der Waals surface area contributed by atoms with Crippen LogP contribution in [0.4, 0.5) is 0 Å². The number of carbonyl (C=O) groups excluding carboxylic acids is 1. The summed E-state index contributed by atoms with van der Waals surface area (Å²) in [6, 6.07) is 25.5. The molecule has 0 radical (unpaired) electrons. The highest BCUT2D eigenvalue weighted by atomic mass is 16.5. The summed E-state index contributed by atoms with van der Waals surface area (Å²) >= 11 is 0. The number of hydrogen-bond acceptors (Lipinski definition) is 4. The molecule has 0 aromatic heterocycles. The molecule has 1 amide bonds. The fourth-order valence-corrected chi connectivity index (χ4v) is 3.12. The van der Waals surface area contributed by atoms with E-state index in [2.05, 4.69) is 22.8 Å². The van der Waals surface area contributed by atoms with E-state index in [0.717, 1.165) is 23.3 Å². The molecular weight excluding hydrogens is 376 g/mol. The molecule has 5 nitrogen and oxygen atoms in total. The molecule has 3 N–H and O–H groups in total. The van der Waals surface area contributed by atoms with E-state index in [0.29, 0.717) is 18.7 Å². The second kappa shape index (κ2) is 11.1. The summed E-state index contributed by atoms with van der Waals surface area (Å²) < 4.78 is 5.14. The van der Waals surface area contributed by atoms with Gasteiger partial charge in [-0.15, -0.1) is 0 Å². The Kier molecular flexibility index (Phi) is 8.01. The van der Waals surface area contributed by atoms with Gasteiger partial charge in [-0.2, -0.15) is 0 Å². The van der Waals surface area contributed by atoms with Crippen LogP contribution in [-0.4, -0.2) is 37.3 Å². The molecule has 1 unspecified atom stereocenters. The highest BCUT2D eigenvalue weighted by molar-refractivity contribution is 5.94. The van der Waals surface area contributed by atoms with Crippen molar-refractivity contribution in [2.24, 2.45) is 0 Å². The van der Waals surface area contributed by atoms with Crippen molar-refractivity contribution in [3.05, 3.63) is 101 Å². The van der Waals surface area contributed by atoms with E-state index in [-0.39, 0.29) is 12.5 Å². The minimum atomic E-state index is -0.662. The van der Waals surface area contributed by atoms with Gasteiger partial charge < -0.3 is 20.5 Å². The third kappa shape index (κ3) is 6.72. The molecule has 30 heavy (non-hydrogen) atoms. The van der Waals surface area contributed by atoms with E-state index in [1.54, 1.807) is 7.11 Å². The monoisotopic (exact) mass is 404 g/mol. The minimum Gasteiger partial charge on any atom is -0.497 e. The number of aliphatic hydroxyl groups is 1. The number of amides is 1. The Hall–Kier alpha value is -3.15. The first kappa shape index (κ1) is 21.6. The van der Waals surface area contributed by atoms with E-state index < -0.39 is 6.10 Å². The van der Waals surface area contributed by atoms with Gasteiger partial charge in [-0.25, -0.2) is 0 Å². The van der Waals surface area contributed by atoms with Crippen LogP contribution in [0.2, 0.25) is 0 Å². The minimum absolute atomic E-state index is 0.185. The van der Waals surface area contributed by atoms with E-state index >= 15 is 0 Å². The molecule has 0 fully saturated rings. The van der Waals surface area contributed by atoms with Crippen molar-refractivity contribution >= 4 is 5.91 Å². The van der Waals surface area contributed by atoms with Crippen LogP contribution in [0.5, 0.6) is 5.75 Å². The number of nitrogens with one attached hydrogen (secondary N) is 2. The molecule has 0 aliphatic rings. The average molecular weight is 405 g/mol. The Morgan fingerprint density at radius 3 is 2.17 bits per heavy atom. The first-order valence-corrected chi connectivity index (χ1v) is 10.1. The van der Waals surface area contributed by atoms with Gasteiger partial charge in [0, 0.05) is 25.2 Å². The second-order valence-corrected chi connectivity index (χ2v) is 7.20. The Balaban J connectivity index is 1.38. The standard InChI is InChI=1S/C25H28N2O3/c1-30-24-13-9-21(10-14-24)16-26-17-23(28)18-27-25(29)22-11-7-20(8-12-22)15-19-5-3-2-4-6-19/h2-14,23,26,28H,15-18H2,1H3,(H,27,29). The Bertz CT molecular complexity index is 909. The van der Waals surface area contributed by atoms with Crippen LogP contribution in [0.3, 0.4) is 0 Å². The number of aliphatic hydroxyl groups excluding tert-OH is 1. The second-order valence-electron chi connectivity index (χ2n) is 7.20. The lowest BCUT2D eigenvalue weighted by Gasteiger charge is -2.13. The zero-order chi connectivity index (χ0) is 21.2. The van der Waals surface area contributed by atoms with Crippen molar-refractivity contribution in [1.29, 1.82) is 0 Å². The number of hydrogen-bond donors (Lipinski definition) is 3. The fraction of sp³-hybridized carbons (Fsp3) is 0.240. The van der Waals surface area contributed by atoms with Crippen LogP contribution >= 0.6 is 0 Å². The maximum absolute atomic E-state index is 12.3. The van der Waals surface area contributed by atoms with Gasteiger partial charge in [-0.1, -0.05) is 54.6 Å². The number of rotatable bonds is 10. The van der Waals surface area contributed by atoms with Gasteiger partial charge in [0.15, 0.2) is 0 Å². The van der Waals surface area contributed by atoms with Gasteiger partial charge in [-0.05, 0) is 47.4 Å². The SMILES string of the molecule is COc1ccc(CNCC(O)CNC(=O)c2ccc(Cc3ccccc3)cc2)cc1. The van der Waals surface area contributed by atoms with Crippen LogP contribution in [0.15, 0.2) is 78.9 Å². The zero-order valence-corrected chi connectivity index (χ0v) is 17.2. The quantitative estimate of drug-likeness (QED) is 0.485. The predicted molar refractivity (Wildman–Crippen MR) is 119 cm³/mol. The third-order valence-electron chi connectivity index (χ3n) is 4.83. The molecule has 3 aromatic rings. The molecule has 0 aliphatic carbocycles. The van der Waals surface area contributed by atoms with Crippen molar-refractivity contribution in [3.8, 4) is 5.75 Å². The van der Waals surface area contributed by atoms with Gasteiger partial charge in [0.05, 0.1) is 13.2 Å². The summed E-state index contributed by atoms with van der Waals surface area (Å²) in [6.07, 6.45) is 0.172. The lowest BCUT2D eigenvalue weighted by Crippen LogP contribution is -2.37.